The van der Waals surface area contributed by atoms with Crippen molar-refractivity contribution in [2.24, 2.45) is 5.41 Å². The minimum Gasteiger partial charge on any atom is -0.466 e. The van der Waals surface area contributed by atoms with Crippen molar-refractivity contribution in [3.63, 3.8) is 0 Å². The molecule has 8 nitrogen and oxygen atoms in total. The Morgan fingerprint density at radius 3 is 2.02 bits per heavy atom. The Morgan fingerprint density at radius 1 is 1.00 bits per heavy atom. The van der Waals surface area contributed by atoms with Gasteiger partial charge in [-0.2, -0.15) is 0 Å². The quantitative estimate of drug-likeness (QED) is 0.0618. The van der Waals surface area contributed by atoms with Gasteiger partial charge in [-0.05, 0) is 61.3 Å². The Morgan fingerprint density at radius 2 is 1.56 bits per heavy atom. The summed E-state index contributed by atoms with van der Waals surface area (Å²) in [7, 11) is -2.55. The van der Waals surface area contributed by atoms with Crippen LogP contribution in [0.2, 0.25) is 36.3 Å². The zero-order valence-electron chi connectivity index (χ0n) is 28.9. The predicted octanol–water partition coefficient (Wildman–Crippen LogP) is 7.54. The van der Waals surface area contributed by atoms with E-state index >= 15 is 0 Å². The molecule has 1 saturated heterocycles. The van der Waals surface area contributed by atoms with Crippen LogP contribution in [0, 0.1) is 5.41 Å². The highest BCUT2D eigenvalue weighted by molar-refractivity contribution is 6.74. The molecule has 0 spiro atoms. The minimum atomic E-state index is -2.00. The van der Waals surface area contributed by atoms with Crippen LogP contribution in [0.15, 0.2) is 23.8 Å². The van der Waals surface area contributed by atoms with Crippen LogP contribution in [0.25, 0.3) is 0 Å². The number of esters is 2. The third kappa shape index (κ3) is 10.2. The topological polar surface area (TPSA) is 97.4 Å². The average molecular weight is 641 g/mol. The SMILES string of the molecule is CCC(=O)O[C@H]1/C(=C/C(=O)OC)C[C@@H](CC(CO[Si](CC)(CC)CC)O[Si](CC)(CC)CC)O[C@@]1(C)C(C)(C)/C=C/C=O. The van der Waals surface area contributed by atoms with Gasteiger partial charge >= 0.3 is 11.9 Å². The number of allylic oxidation sites excluding steroid dienone is 1. The number of aldehydes is 1. The van der Waals surface area contributed by atoms with E-state index in [4.69, 9.17) is 23.1 Å². The highest BCUT2D eigenvalue weighted by Crippen LogP contribution is 2.48. The summed E-state index contributed by atoms with van der Waals surface area (Å²) >= 11 is 0. The van der Waals surface area contributed by atoms with Crippen LogP contribution in [0.4, 0.5) is 0 Å². The summed E-state index contributed by atoms with van der Waals surface area (Å²) in [6.07, 6.45) is 5.09. The number of ether oxygens (including phenoxy) is 3. The number of carbonyl (C=O) groups is 3. The maximum atomic E-state index is 12.7. The number of methoxy groups -OCH3 is 1. The Labute approximate surface area is 263 Å². The van der Waals surface area contributed by atoms with Gasteiger partial charge in [0, 0.05) is 24.3 Å². The zero-order valence-corrected chi connectivity index (χ0v) is 30.9. The first-order valence-corrected chi connectivity index (χ1v) is 21.4. The van der Waals surface area contributed by atoms with Gasteiger partial charge < -0.3 is 23.1 Å². The van der Waals surface area contributed by atoms with Gasteiger partial charge in [0.2, 0.25) is 0 Å². The first kappa shape index (κ1) is 39.4. The van der Waals surface area contributed by atoms with Crippen molar-refractivity contribution in [3.05, 3.63) is 23.8 Å². The second-order valence-electron chi connectivity index (χ2n) is 12.5. The van der Waals surface area contributed by atoms with Crippen molar-refractivity contribution in [3.8, 4) is 0 Å². The lowest BCUT2D eigenvalue weighted by atomic mass is 9.68. The van der Waals surface area contributed by atoms with Gasteiger partial charge in [0.1, 0.15) is 11.9 Å². The smallest absolute Gasteiger partial charge is 0.330 e. The summed E-state index contributed by atoms with van der Waals surface area (Å²) in [5.41, 5.74) is -1.23. The Balaban J connectivity index is 3.69. The minimum absolute atomic E-state index is 0.176. The van der Waals surface area contributed by atoms with Gasteiger partial charge in [0.25, 0.3) is 0 Å². The number of carbonyl (C=O) groups excluding carboxylic acids is 3. The molecule has 4 atom stereocenters. The molecule has 0 N–H and O–H groups in total. The summed E-state index contributed by atoms with van der Waals surface area (Å²) < 4.78 is 31.8. The van der Waals surface area contributed by atoms with Crippen molar-refractivity contribution < 1.29 is 37.4 Å². The fourth-order valence-electron chi connectivity index (χ4n) is 6.11. The molecule has 248 valence electrons. The van der Waals surface area contributed by atoms with Gasteiger partial charge in [-0.3, -0.25) is 9.59 Å². The molecule has 0 radical (unpaired) electrons. The van der Waals surface area contributed by atoms with Crippen molar-refractivity contribution in [1.82, 2.24) is 0 Å². The van der Waals surface area contributed by atoms with E-state index in [9.17, 15) is 14.4 Å². The third-order valence-corrected chi connectivity index (χ3v) is 19.4. The van der Waals surface area contributed by atoms with Crippen molar-refractivity contribution >= 4 is 34.9 Å². The van der Waals surface area contributed by atoms with E-state index in [0.717, 1.165) is 42.6 Å². The first-order chi connectivity index (χ1) is 20.2. The van der Waals surface area contributed by atoms with Crippen LogP contribution in [-0.2, 0) is 37.4 Å². The second kappa shape index (κ2) is 17.8. The maximum Gasteiger partial charge on any atom is 0.330 e. The molecule has 0 amide bonds. The molecule has 0 saturated carbocycles. The monoisotopic (exact) mass is 640 g/mol. The molecule has 0 aliphatic carbocycles. The fraction of sp³-hybridized carbons (Fsp3) is 0.788. The van der Waals surface area contributed by atoms with Gasteiger partial charge in [0.15, 0.2) is 22.7 Å². The molecule has 1 aliphatic rings. The molecule has 43 heavy (non-hydrogen) atoms. The van der Waals surface area contributed by atoms with Gasteiger partial charge in [-0.15, -0.1) is 0 Å². The van der Waals surface area contributed by atoms with E-state index in [0.29, 0.717) is 25.0 Å². The molecule has 1 rings (SSSR count). The van der Waals surface area contributed by atoms with E-state index in [1.54, 1.807) is 13.0 Å². The highest BCUT2D eigenvalue weighted by Gasteiger charge is 2.55. The molecule has 1 unspecified atom stereocenters. The average Bonchev–Trinajstić information content (AvgIpc) is 3.01. The molecule has 1 aliphatic heterocycles. The predicted molar refractivity (Wildman–Crippen MR) is 177 cm³/mol. The van der Waals surface area contributed by atoms with Gasteiger partial charge in [-0.1, -0.05) is 68.4 Å². The molecular weight excluding hydrogens is 581 g/mol. The van der Waals surface area contributed by atoms with E-state index in [1.165, 1.54) is 19.3 Å². The van der Waals surface area contributed by atoms with E-state index in [-0.39, 0.29) is 18.6 Å². The lowest BCUT2D eigenvalue weighted by molar-refractivity contribution is -0.218. The van der Waals surface area contributed by atoms with Crippen molar-refractivity contribution in [2.45, 2.75) is 149 Å². The van der Waals surface area contributed by atoms with Crippen molar-refractivity contribution in [1.29, 1.82) is 0 Å². The lowest BCUT2D eigenvalue weighted by Crippen LogP contribution is -2.60. The Kier molecular flexibility index (Phi) is 16.3. The summed E-state index contributed by atoms with van der Waals surface area (Å²) in [6.45, 7) is 21.4. The number of hydrogen-bond donors (Lipinski definition) is 0. The van der Waals surface area contributed by atoms with Crippen LogP contribution < -0.4 is 0 Å². The van der Waals surface area contributed by atoms with E-state index in [2.05, 4.69) is 41.5 Å². The molecule has 10 heteroatoms. The standard InChI is InChI=1S/C33H60O8Si2/c1-12-29(35)39-31-26(23-30(36)37-11)22-27(40-33(31,10)32(8,9)20-19-21-34)24-28(41-43(16-5,17-6)18-7)25-38-42(13-2,14-3)15-4/h19-21,23,27-28,31H,12-18,22,24-25H2,1-11H3/b20-19+,26-23+/t27-,28?,31-,33+/m0/s1. The van der Waals surface area contributed by atoms with Gasteiger partial charge in [0.05, 0.1) is 25.9 Å². The summed E-state index contributed by atoms with van der Waals surface area (Å²) in [4.78, 5) is 36.6. The summed E-state index contributed by atoms with van der Waals surface area (Å²) in [5.74, 6) is -0.921. The Hall–Kier alpha value is -1.60. The molecule has 0 bridgehead atoms. The largest absolute Gasteiger partial charge is 0.466 e. The van der Waals surface area contributed by atoms with E-state index < -0.39 is 45.7 Å². The fourth-order valence-corrected chi connectivity index (χ4v) is 11.6. The third-order valence-electron chi connectivity index (χ3n) is 10.0. The normalized spacial score (nSPS) is 23.4. The van der Waals surface area contributed by atoms with Crippen LogP contribution in [-0.4, -0.2) is 72.5 Å². The summed E-state index contributed by atoms with van der Waals surface area (Å²) in [5, 5.41) is 0. The second-order valence-corrected chi connectivity index (χ2v) is 22.0. The van der Waals surface area contributed by atoms with Crippen LogP contribution >= 0.6 is 0 Å². The molecule has 1 fully saturated rings. The number of rotatable bonds is 19. The van der Waals surface area contributed by atoms with Gasteiger partial charge in [-0.25, -0.2) is 4.79 Å². The van der Waals surface area contributed by atoms with Crippen molar-refractivity contribution in [2.75, 3.05) is 13.7 Å². The van der Waals surface area contributed by atoms with Crippen LogP contribution in [0.3, 0.4) is 0 Å². The molecule has 0 aromatic rings. The molecular formula is C33H60O8Si2. The molecule has 1 heterocycles. The summed E-state index contributed by atoms with van der Waals surface area (Å²) in [6, 6.07) is 6.21. The zero-order chi connectivity index (χ0) is 32.9. The van der Waals surface area contributed by atoms with E-state index in [1.807, 2.05) is 20.8 Å². The maximum absolute atomic E-state index is 12.7. The van der Waals surface area contributed by atoms with Crippen LogP contribution in [0.5, 0.6) is 0 Å². The lowest BCUT2D eigenvalue weighted by Gasteiger charge is -2.53. The van der Waals surface area contributed by atoms with Crippen LogP contribution in [0.1, 0.15) is 88.5 Å². The Bertz CT molecular complexity index is 938. The number of hydrogen-bond acceptors (Lipinski definition) is 8. The molecule has 0 aromatic heterocycles. The first-order valence-electron chi connectivity index (χ1n) is 16.3. The molecule has 0 aromatic carbocycles. The highest BCUT2D eigenvalue weighted by atomic mass is 28.4.